The zero-order chi connectivity index (χ0) is 12.4. The van der Waals surface area contributed by atoms with Crippen molar-refractivity contribution < 1.29 is 0 Å². The molecule has 1 aromatic carbocycles. The quantitative estimate of drug-likeness (QED) is 0.698. The van der Waals surface area contributed by atoms with Crippen LogP contribution in [0.4, 0.5) is 5.69 Å². The Balaban J connectivity index is 2.09. The first-order valence-electron chi connectivity index (χ1n) is 5.24. The Kier molecular flexibility index (Phi) is 3.79. The van der Waals surface area contributed by atoms with E-state index in [1.54, 1.807) is 11.8 Å². The molecule has 17 heavy (non-hydrogen) atoms. The number of aryl methyl sites for hydroxylation is 2. The van der Waals surface area contributed by atoms with Crippen LogP contribution in [0.2, 0.25) is 0 Å². The van der Waals surface area contributed by atoms with E-state index in [9.17, 15) is 0 Å². The molecule has 0 fully saturated rings. The molecule has 2 rings (SSSR count). The van der Waals surface area contributed by atoms with Crippen molar-refractivity contribution in [2.24, 2.45) is 7.05 Å². The average molecular weight is 312 g/mol. The van der Waals surface area contributed by atoms with Crippen LogP contribution >= 0.6 is 27.7 Å². The fraction of sp³-hybridized carbons (Fsp3) is 0.250. The smallest absolute Gasteiger partial charge is 0.0738 e. The Morgan fingerprint density at radius 3 is 2.53 bits per heavy atom. The van der Waals surface area contributed by atoms with Crippen molar-refractivity contribution in [2.75, 3.05) is 5.73 Å². The fourth-order valence-electron chi connectivity index (χ4n) is 1.55. The summed E-state index contributed by atoms with van der Waals surface area (Å²) in [4.78, 5) is 1.21. The van der Waals surface area contributed by atoms with Crippen LogP contribution in [0.5, 0.6) is 0 Å². The molecular weight excluding hydrogens is 298 g/mol. The molecule has 2 N–H and O–H groups in total. The number of aromatic nitrogens is 2. The lowest BCUT2D eigenvalue weighted by Crippen LogP contribution is -1.96. The fourth-order valence-corrected chi connectivity index (χ4v) is 3.18. The van der Waals surface area contributed by atoms with Gasteiger partial charge in [0, 0.05) is 23.4 Å². The number of rotatable bonds is 3. The molecular formula is C12H14BrN3S. The van der Waals surface area contributed by atoms with Crippen LogP contribution in [-0.4, -0.2) is 9.78 Å². The highest BCUT2D eigenvalue weighted by Gasteiger charge is 2.10. The van der Waals surface area contributed by atoms with Gasteiger partial charge in [0.25, 0.3) is 0 Å². The van der Waals surface area contributed by atoms with Crippen LogP contribution in [0.25, 0.3) is 0 Å². The summed E-state index contributed by atoms with van der Waals surface area (Å²) in [6.45, 7) is 2.00. The maximum absolute atomic E-state index is 5.65. The van der Waals surface area contributed by atoms with E-state index in [1.165, 1.54) is 10.6 Å². The number of halogens is 1. The van der Waals surface area contributed by atoms with Crippen molar-refractivity contribution in [1.29, 1.82) is 0 Å². The second-order valence-electron chi connectivity index (χ2n) is 3.83. The van der Waals surface area contributed by atoms with Gasteiger partial charge in [0.15, 0.2) is 0 Å². The van der Waals surface area contributed by atoms with Crippen LogP contribution in [0.1, 0.15) is 11.4 Å². The van der Waals surface area contributed by atoms with Crippen molar-refractivity contribution in [3.8, 4) is 0 Å². The summed E-state index contributed by atoms with van der Waals surface area (Å²) < 4.78 is 3.02. The molecule has 0 aliphatic carbocycles. The third-order valence-electron chi connectivity index (χ3n) is 2.52. The zero-order valence-electron chi connectivity index (χ0n) is 9.77. The summed E-state index contributed by atoms with van der Waals surface area (Å²) in [7, 11) is 1.97. The van der Waals surface area contributed by atoms with Gasteiger partial charge in [-0.1, -0.05) is 0 Å². The predicted molar refractivity (Wildman–Crippen MR) is 76.1 cm³/mol. The van der Waals surface area contributed by atoms with Gasteiger partial charge in [-0.25, -0.2) is 0 Å². The summed E-state index contributed by atoms with van der Waals surface area (Å²) >= 11 is 5.35. The highest BCUT2D eigenvalue weighted by Crippen LogP contribution is 2.28. The van der Waals surface area contributed by atoms with E-state index in [2.05, 4.69) is 21.0 Å². The highest BCUT2D eigenvalue weighted by molar-refractivity contribution is 9.10. The molecule has 0 bridgehead atoms. The molecule has 0 aliphatic heterocycles. The third kappa shape index (κ3) is 2.84. The van der Waals surface area contributed by atoms with Gasteiger partial charge in [0.2, 0.25) is 0 Å². The average Bonchev–Trinajstić information content (AvgIpc) is 2.54. The normalized spacial score (nSPS) is 10.8. The van der Waals surface area contributed by atoms with Gasteiger partial charge in [0.1, 0.15) is 0 Å². The van der Waals surface area contributed by atoms with E-state index in [1.807, 2.05) is 42.9 Å². The van der Waals surface area contributed by atoms with E-state index in [0.717, 1.165) is 21.6 Å². The molecule has 0 atom stereocenters. The molecule has 5 heteroatoms. The standard InChI is InChI=1S/C12H14BrN3S/c1-8-12(13)11(16(2)15-8)7-17-10-5-3-9(14)4-6-10/h3-6H,7,14H2,1-2H3. The molecule has 0 radical (unpaired) electrons. The number of nitrogens with zero attached hydrogens (tertiary/aromatic N) is 2. The molecule has 0 unspecified atom stereocenters. The number of nitrogen functional groups attached to an aromatic ring is 1. The van der Waals surface area contributed by atoms with Crippen molar-refractivity contribution in [2.45, 2.75) is 17.6 Å². The zero-order valence-corrected chi connectivity index (χ0v) is 12.2. The molecule has 3 nitrogen and oxygen atoms in total. The van der Waals surface area contributed by atoms with Gasteiger partial charge in [0.05, 0.1) is 15.9 Å². The summed E-state index contributed by atoms with van der Waals surface area (Å²) in [5.41, 5.74) is 8.68. The Morgan fingerprint density at radius 1 is 1.35 bits per heavy atom. The summed E-state index contributed by atoms with van der Waals surface area (Å²) in [6, 6.07) is 7.92. The Bertz CT molecular complexity index is 519. The van der Waals surface area contributed by atoms with E-state index < -0.39 is 0 Å². The molecule has 0 aliphatic rings. The van der Waals surface area contributed by atoms with Gasteiger partial charge in [-0.3, -0.25) is 4.68 Å². The van der Waals surface area contributed by atoms with Crippen molar-refractivity contribution in [1.82, 2.24) is 9.78 Å². The maximum Gasteiger partial charge on any atom is 0.0738 e. The monoisotopic (exact) mass is 311 g/mol. The largest absolute Gasteiger partial charge is 0.399 e. The van der Waals surface area contributed by atoms with Crippen LogP contribution < -0.4 is 5.73 Å². The Hall–Kier alpha value is -0.940. The first kappa shape index (κ1) is 12.5. The molecule has 2 aromatic rings. The molecule has 0 spiro atoms. The minimum Gasteiger partial charge on any atom is -0.399 e. The predicted octanol–water partition coefficient (Wildman–Crippen LogP) is 3.37. The van der Waals surface area contributed by atoms with Crippen molar-refractivity contribution >= 4 is 33.4 Å². The van der Waals surface area contributed by atoms with Crippen LogP contribution in [-0.2, 0) is 12.8 Å². The summed E-state index contributed by atoms with van der Waals surface area (Å²) in [6.07, 6.45) is 0. The summed E-state index contributed by atoms with van der Waals surface area (Å²) in [5.74, 6) is 0.891. The second-order valence-corrected chi connectivity index (χ2v) is 5.67. The second kappa shape index (κ2) is 5.14. The number of hydrogen-bond donors (Lipinski definition) is 1. The van der Waals surface area contributed by atoms with Gasteiger partial charge < -0.3 is 5.73 Å². The highest BCUT2D eigenvalue weighted by atomic mass is 79.9. The van der Waals surface area contributed by atoms with Gasteiger partial charge in [-0.05, 0) is 47.1 Å². The van der Waals surface area contributed by atoms with E-state index >= 15 is 0 Å². The van der Waals surface area contributed by atoms with Gasteiger partial charge >= 0.3 is 0 Å². The first-order chi connectivity index (χ1) is 8.08. The van der Waals surface area contributed by atoms with Gasteiger partial charge in [-0.2, -0.15) is 5.10 Å². The van der Waals surface area contributed by atoms with Crippen LogP contribution in [0.3, 0.4) is 0 Å². The minimum atomic E-state index is 0.798. The molecule has 0 saturated carbocycles. The van der Waals surface area contributed by atoms with Crippen LogP contribution in [0.15, 0.2) is 33.6 Å². The number of nitrogens with two attached hydrogens (primary N) is 1. The molecule has 1 aromatic heterocycles. The van der Waals surface area contributed by atoms with E-state index in [-0.39, 0.29) is 0 Å². The number of benzene rings is 1. The minimum absolute atomic E-state index is 0.798. The number of anilines is 1. The lowest BCUT2D eigenvalue weighted by atomic mass is 10.3. The van der Waals surface area contributed by atoms with E-state index in [4.69, 9.17) is 5.73 Å². The topological polar surface area (TPSA) is 43.8 Å². The molecule has 1 heterocycles. The SMILES string of the molecule is Cc1nn(C)c(CSc2ccc(N)cc2)c1Br. The lowest BCUT2D eigenvalue weighted by Gasteiger charge is -2.03. The molecule has 90 valence electrons. The van der Waals surface area contributed by atoms with Crippen molar-refractivity contribution in [3.63, 3.8) is 0 Å². The van der Waals surface area contributed by atoms with Crippen LogP contribution in [0, 0.1) is 6.92 Å². The maximum atomic E-state index is 5.65. The van der Waals surface area contributed by atoms with Crippen molar-refractivity contribution in [3.05, 3.63) is 40.1 Å². The Labute approximate surface area is 114 Å². The van der Waals surface area contributed by atoms with Gasteiger partial charge in [-0.15, -0.1) is 11.8 Å². The summed E-state index contributed by atoms with van der Waals surface area (Å²) in [5, 5.41) is 4.37. The van der Waals surface area contributed by atoms with E-state index in [0.29, 0.717) is 0 Å². The third-order valence-corrected chi connectivity index (χ3v) is 4.57. The number of hydrogen-bond acceptors (Lipinski definition) is 3. The lowest BCUT2D eigenvalue weighted by molar-refractivity contribution is 0.727. The molecule has 0 amide bonds. The number of thioether (sulfide) groups is 1. The Morgan fingerprint density at radius 2 is 2.00 bits per heavy atom. The molecule has 0 saturated heterocycles. The first-order valence-corrected chi connectivity index (χ1v) is 7.02.